The van der Waals surface area contributed by atoms with Crippen LogP contribution < -0.4 is 15.1 Å². The summed E-state index contributed by atoms with van der Waals surface area (Å²) in [5.74, 6) is 0.139. The number of anilines is 3. The molecule has 1 N–H and O–H groups in total. The molecule has 0 spiro atoms. The molecule has 0 bridgehead atoms. The summed E-state index contributed by atoms with van der Waals surface area (Å²) in [5, 5.41) is 2.71. The van der Waals surface area contributed by atoms with Crippen molar-refractivity contribution in [3.8, 4) is 0 Å². The van der Waals surface area contributed by atoms with E-state index in [1.807, 2.05) is 13.0 Å². The molecule has 31 heavy (non-hydrogen) atoms. The number of aryl methyl sites for hydroxylation is 1. The lowest BCUT2D eigenvalue weighted by molar-refractivity contribution is 0.234. The molecule has 0 radical (unpaired) electrons. The summed E-state index contributed by atoms with van der Waals surface area (Å²) in [7, 11) is 2.15. The normalized spacial score (nSPS) is 19.2. The predicted molar refractivity (Wildman–Crippen MR) is 118 cm³/mol. The molecule has 0 aromatic carbocycles. The standard InChI is InChI=1S/C22H26FN7O/c1-14-11-29-13-18(17(23)10-20(29)25-14)26-22(31)30-7-5-16-19(4-6-24-21(16)30)28-9-8-27(3)15(2)12-28/h4,6,10-11,13,15H,5,7-9,12H2,1-3H3,(H,26,31)/t15-/m1/s1. The van der Waals surface area contributed by atoms with E-state index in [0.717, 1.165) is 43.0 Å². The highest BCUT2D eigenvalue weighted by Gasteiger charge is 2.31. The molecule has 2 amide bonds. The van der Waals surface area contributed by atoms with Gasteiger partial charge >= 0.3 is 6.03 Å². The Morgan fingerprint density at radius 3 is 2.90 bits per heavy atom. The lowest BCUT2D eigenvalue weighted by Crippen LogP contribution is -2.50. The van der Waals surface area contributed by atoms with Crippen molar-refractivity contribution in [2.75, 3.05) is 48.3 Å². The third kappa shape index (κ3) is 3.48. The van der Waals surface area contributed by atoms with E-state index in [-0.39, 0.29) is 11.7 Å². The van der Waals surface area contributed by atoms with E-state index in [4.69, 9.17) is 0 Å². The molecule has 5 rings (SSSR count). The van der Waals surface area contributed by atoms with Gasteiger partial charge in [0, 0.05) is 68.1 Å². The Kier molecular flexibility index (Phi) is 4.77. The summed E-state index contributed by atoms with van der Waals surface area (Å²) in [6, 6.07) is 3.44. The summed E-state index contributed by atoms with van der Waals surface area (Å²) >= 11 is 0. The number of carbonyl (C=O) groups excluding carboxylic acids is 1. The Balaban J connectivity index is 1.39. The van der Waals surface area contributed by atoms with Crippen molar-refractivity contribution < 1.29 is 9.18 Å². The van der Waals surface area contributed by atoms with Gasteiger partial charge in [-0.15, -0.1) is 0 Å². The minimum absolute atomic E-state index is 0.118. The number of likely N-dealkylation sites (N-methyl/N-ethyl adjacent to an activating group) is 1. The van der Waals surface area contributed by atoms with Crippen LogP contribution in [0.4, 0.5) is 26.4 Å². The summed E-state index contributed by atoms with van der Waals surface area (Å²) < 4.78 is 16.2. The molecule has 5 heterocycles. The SMILES string of the molecule is Cc1cn2cc(NC(=O)N3CCc4c(N5CCN(C)[C@H](C)C5)ccnc43)c(F)cc2n1. The van der Waals surface area contributed by atoms with Crippen LogP contribution in [0.1, 0.15) is 18.2 Å². The van der Waals surface area contributed by atoms with Gasteiger partial charge in [0.25, 0.3) is 0 Å². The average molecular weight is 423 g/mol. The first kappa shape index (κ1) is 19.7. The molecule has 162 valence electrons. The predicted octanol–water partition coefficient (Wildman–Crippen LogP) is 2.91. The summed E-state index contributed by atoms with van der Waals surface area (Å²) in [5.41, 5.74) is 3.63. The molecule has 3 aromatic rings. The highest BCUT2D eigenvalue weighted by molar-refractivity contribution is 6.03. The van der Waals surface area contributed by atoms with Gasteiger partial charge in [-0.1, -0.05) is 0 Å². The summed E-state index contributed by atoms with van der Waals surface area (Å²) in [6.07, 6.45) is 5.83. The monoisotopic (exact) mass is 423 g/mol. The molecular formula is C22H26FN7O. The van der Waals surface area contributed by atoms with Gasteiger partial charge in [0.2, 0.25) is 0 Å². The molecule has 0 saturated carbocycles. The van der Waals surface area contributed by atoms with Crippen LogP contribution in [-0.4, -0.2) is 64.6 Å². The van der Waals surface area contributed by atoms with Crippen molar-refractivity contribution >= 4 is 28.9 Å². The van der Waals surface area contributed by atoms with Crippen molar-refractivity contribution in [2.45, 2.75) is 26.3 Å². The molecule has 0 unspecified atom stereocenters. The lowest BCUT2D eigenvalue weighted by Gasteiger charge is -2.39. The highest BCUT2D eigenvalue weighted by Crippen LogP contribution is 2.35. The molecule has 3 aromatic heterocycles. The number of nitrogens with zero attached hydrogens (tertiary/aromatic N) is 6. The largest absolute Gasteiger partial charge is 0.368 e. The second-order valence-electron chi connectivity index (χ2n) is 8.42. The van der Waals surface area contributed by atoms with Crippen LogP contribution in [0.3, 0.4) is 0 Å². The number of piperazine rings is 1. The zero-order valence-corrected chi connectivity index (χ0v) is 18.0. The van der Waals surface area contributed by atoms with Crippen molar-refractivity contribution in [1.82, 2.24) is 19.3 Å². The lowest BCUT2D eigenvalue weighted by atomic mass is 10.1. The molecule has 0 aliphatic carbocycles. The number of amides is 2. The minimum Gasteiger partial charge on any atom is -0.368 e. The number of fused-ring (bicyclic) bond motifs is 2. The van der Waals surface area contributed by atoms with Gasteiger partial charge in [-0.3, -0.25) is 4.90 Å². The Morgan fingerprint density at radius 1 is 1.26 bits per heavy atom. The molecule has 1 saturated heterocycles. The number of pyridine rings is 2. The van der Waals surface area contributed by atoms with Gasteiger partial charge in [0.1, 0.15) is 11.5 Å². The first-order valence-electron chi connectivity index (χ1n) is 10.6. The smallest absolute Gasteiger partial charge is 0.327 e. The molecule has 9 heteroatoms. The number of urea groups is 1. The Bertz CT molecular complexity index is 1160. The van der Waals surface area contributed by atoms with E-state index < -0.39 is 5.82 Å². The first-order chi connectivity index (χ1) is 14.9. The Labute approximate surface area is 180 Å². The summed E-state index contributed by atoms with van der Waals surface area (Å²) in [6.45, 7) is 7.46. The van der Waals surface area contributed by atoms with E-state index in [2.05, 4.69) is 39.1 Å². The van der Waals surface area contributed by atoms with E-state index in [9.17, 15) is 9.18 Å². The summed E-state index contributed by atoms with van der Waals surface area (Å²) in [4.78, 5) is 28.1. The van der Waals surface area contributed by atoms with Gasteiger partial charge in [-0.05, 0) is 33.4 Å². The number of imidazole rings is 1. The molecule has 2 aliphatic rings. The fraction of sp³-hybridized carbons (Fsp3) is 0.409. The third-order valence-electron chi connectivity index (χ3n) is 6.30. The highest BCUT2D eigenvalue weighted by atomic mass is 19.1. The van der Waals surface area contributed by atoms with E-state index >= 15 is 0 Å². The van der Waals surface area contributed by atoms with Gasteiger partial charge < -0.3 is 19.5 Å². The van der Waals surface area contributed by atoms with Gasteiger partial charge in [0.05, 0.1) is 11.4 Å². The zero-order chi connectivity index (χ0) is 21.7. The first-order valence-corrected chi connectivity index (χ1v) is 10.6. The number of carbonyl (C=O) groups is 1. The average Bonchev–Trinajstić information content (AvgIpc) is 3.32. The molecular weight excluding hydrogens is 397 g/mol. The maximum atomic E-state index is 14.5. The van der Waals surface area contributed by atoms with E-state index in [1.165, 1.54) is 6.07 Å². The number of halogens is 1. The maximum Gasteiger partial charge on any atom is 0.327 e. The molecule has 1 fully saturated rings. The Morgan fingerprint density at radius 2 is 2.10 bits per heavy atom. The van der Waals surface area contributed by atoms with Crippen LogP contribution in [0.15, 0.2) is 30.7 Å². The van der Waals surface area contributed by atoms with Crippen LogP contribution in [0, 0.1) is 12.7 Å². The molecule has 8 nitrogen and oxygen atoms in total. The van der Waals surface area contributed by atoms with Gasteiger partial charge in [-0.2, -0.15) is 0 Å². The number of hydrogen-bond acceptors (Lipinski definition) is 5. The van der Waals surface area contributed by atoms with Crippen LogP contribution in [-0.2, 0) is 6.42 Å². The van der Waals surface area contributed by atoms with Crippen molar-refractivity contribution in [1.29, 1.82) is 0 Å². The van der Waals surface area contributed by atoms with Crippen LogP contribution in [0.5, 0.6) is 0 Å². The zero-order valence-electron chi connectivity index (χ0n) is 18.0. The molecule has 2 aliphatic heterocycles. The van der Waals surface area contributed by atoms with Gasteiger partial charge in [0.15, 0.2) is 5.82 Å². The van der Waals surface area contributed by atoms with Crippen LogP contribution in [0.25, 0.3) is 5.65 Å². The fourth-order valence-corrected chi connectivity index (χ4v) is 4.45. The topological polar surface area (TPSA) is 69.0 Å². The van der Waals surface area contributed by atoms with Crippen LogP contribution in [0.2, 0.25) is 0 Å². The van der Waals surface area contributed by atoms with Crippen molar-refractivity contribution in [3.05, 3.63) is 47.8 Å². The number of nitrogens with one attached hydrogen (secondary N) is 1. The second kappa shape index (κ2) is 7.49. The molecule has 1 atom stereocenters. The minimum atomic E-state index is -0.515. The number of hydrogen-bond donors (Lipinski definition) is 1. The number of aromatic nitrogens is 3. The van der Waals surface area contributed by atoms with Crippen molar-refractivity contribution in [2.24, 2.45) is 0 Å². The Hall–Kier alpha value is -3.20. The quantitative estimate of drug-likeness (QED) is 0.687. The van der Waals surface area contributed by atoms with Crippen LogP contribution >= 0.6 is 0 Å². The van der Waals surface area contributed by atoms with Gasteiger partial charge in [-0.25, -0.2) is 19.2 Å². The van der Waals surface area contributed by atoms with Crippen molar-refractivity contribution in [3.63, 3.8) is 0 Å². The van der Waals surface area contributed by atoms with E-state index in [0.29, 0.717) is 24.1 Å². The number of rotatable bonds is 2. The van der Waals surface area contributed by atoms with E-state index in [1.54, 1.807) is 27.9 Å². The fourth-order valence-electron chi connectivity index (χ4n) is 4.45. The third-order valence-corrected chi connectivity index (χ3v) is 6.30. The second-order valence-corrected chi connectivity index (χ2v) is 8.42. The maximum absolute atomic E-state index is 14.5.